The molecular formula is C9H14N2O2. The lowest BCUT2D eigenvalue weighted by Gasteiger charge is -2.25. The van der Waals surface area contributed by atoms with Crippen molar-refractivity contribution >= 4 is 0 Å². The lowest BCUT2D eigenvalue weighted by Crippen LogP contribution is -2.35. The summed E-state index contributed by atoms with van der Waals surface area (Å²) >= 11 is 0. The van der Waals surface area contributed by atoms with Crippen LogP contribution in [0.2, 0.25) is 0 Å². The number of aromatic nitrogens is 1. The second kappa shape index (κ2) is 3.89. The molecule has 0 unspecified atom stereocenters. The van der Waals surface area contributed by atoms with E-state index in [1.165, 1.54) is 5.56 Å². The molecule has 13 heavy (non-hydrogen) atoms. The third-order valence-corrected chi connectivity index (χ3v) is 2.35. The fourth-order valence-electron chi connectivity index (χ4n) is 1.47. The average Bonchev–Trinajstić information content (AvgIpc) is 2.54. The molecule has 0 aliphatic carbocycles. The molecule has 0 amide bonds. The molecule has 0 N–H and O–H groups in total. The number of rotatable bonds is 2. The number of morpholine rings is 1. The molecule has 1 fully saturated rings. The Morgan fingerprint density at radius 1 is 1.46 bits per heavy atom. The summed E-state index contributed by atoms with van der Waals surface area (Å²) in [6.45, 7) is 6.56. The molecule has 4 heteroatoms. The number of ether oxygens (including phenoxy) is 1. The van der Waals surface area contributed by atoms with Gasteiger partial charge >= 0.3 is 0 Å². The van der Waals surface area contributed by atoms with Crippen molar-refractivity contribution < 1.29 is 9.26 Å². The molecule has 72 valence electrons. The molecule has 1 aromatic rings. The third-order valence-electron chi connectivity index (χ3n) is 2.35. The molecule has 1 saturated heterocycles. The number of nitrogens with zero attached hydrogens (tertiary/aromatic N) is 2. The van der Waals surface area contributed by atoms with Crippen LogP contribution in [0.1, 0.15) is 11.3 Å². The van der Waals surface area contributed by atoms with Crippen LogP contribution in [0.3, 0.4) is 0 Å². The predicted octanol–water partition coefficient (Wildman–Crippen LogP) is 0.815. The van der Waals surface area contributed by atoms with Crippen molar-refractivity contribution in [2.45, 2.75) is 13.5 Å². The zero-order valence-electron chi connectivity index (χ0n) is 7.82. The van der Waals surface area contributed by atoms with Gasteiger partial charge in [0.25, 0.3) is 0 Å². The van der Waals surface area contributed by atoms with Crippen LogP contribution in [0.4, 0.5) is 0 Å². The van der Waals surface area contributed by atoms with E-state index in [-0.39, 0.29) is 0 Å². The Labute approximate surface area is 77.5 Å². The highest BCUT2D eigenvalue weighted by molar-refractivity contribution is 5.11. The molecular weight excluding hydrogens is 168 g/mol. The van der Waals surface area contributed by atoms with Gasteiger partial charge in [-0.1, -0.05) is 5.16 Å². The Hall–Kier alpha value is -0.870. The summed E-state index contributed by atoms with van der Waals surface area (Å²) in [5.74, 6) is 0.923. The summed E-state index contributed by atoms with van der Waals surface area (Å²) in [7, 11) is 0. The van der Waals surface area contributed by atoms with Crippen molar-refractivity contribution in [2.75, 3.05) is 26.3 Å². The van der Waals surface area contributed by atoms with Gasteiger partial charge in [-0.3, -0.25) is 4.90 Å². The summed E-state index contributed by atoms with van der Waals surface area (Å²) in [6, 6.07) is 0. The van der Waals surface area contributed by atoms with E-state index in [2.05, 4.69) is 10.1 Å². The maximum atomic E-state index is 5.27. The van der Waals surface area contributed by atoms with Gasteiger partial charge in [0.15, 0.2) is 0 Å². The minimum Gasteiger partial charge on any atom is -0.379 e. The van der Waals surface area contributed by atoms with Crippen LogP contribution in [0.25, 0.3) is 0 Å². The molecule has 0 aromatic carbocycles. The average molecular weight is 182 g/mol. The monoisotopic (exact) mass is 182 g/mol. The first kappa shape index (κ1) is 8.72. The van der Waals surface area contributed by atoms with Gasteiger partial charge in [-0.15, -0.1) is 0 Å². The second-order valence-corrected chi connectivity index (χ2v) is 3.30. The lowest BCUT2D eigenvalue weighted by molar-refractivity contribution is 0.0340. The van der Waals surface area contributed by atoms with Gasteiger partial charge in [-0.25, -0.2) is 0 Å². The summed E-state index contributed by atoms with van der Waals surface area (Å²) < 4.78 is 10.3. The van der Waals surface area contributed by atoms with E-state index in [0.717, 1.165) is 38.6 Å². The van der Waals surface area contributed by atoms with Crippen LogP contribution in [-0.2, 0) is 11.3 Å². The Morgan fingerprint density at radius 2 is 2.23 bits per heavy atom. The lowest BCUT2D eigenvalue weighted by atomic mass is 10.2. The fraction of sp³-hybridized carbons (Fsp3) is 0.667. The van der Waals surface area contributed by atoms with Crippen molar-refractivity contribution in [1.29, 1.82) is 0 Å². The van der Waals surface area contributed by atoms with Crippen molar-refractivity contribution in [3.05, 3.63) is 17.5 Å². The molecule has 0 saturated carbocycles. The van der Waals surface area contributed by atoms with E-state index in [1.54, 1.807) is 6.20 Å². The molecule has 0 spiro atoms. The van der Waals surface area contributed by atoms with Crippen molar-refractivity contribution in [3.8, 4) is 0 Å². The Bertz CT molecular complexity index is 266. The van der Waals surface area contributed by atoms with Gasteiger partial charge in [0, 0.05) is 25.2 Å². The van der Waals surface area contributed by atoms with Gasteiger partial charge in [0.05, 0.1) is 19.4 Å². The Morgan fingerprint density at radius 3 is 2.85 bits per heavy atom. The normalized spacial score (nSPS) is 19.2. The second-order valence-electron chi connectivity index (χ2n) is 3.30. The summed E-state index contributed by atoms with van der Waals surface area (Å²) in [4.78, 5) is 2.35. The Balaban J connectivity index is 1.93. The van der Waals surface area contributed by atoms with E-state index in [1.807, 2.05) is 6.92 Å². The van der Waals surface area contributed by atoms with Crippen LogP contribution < -0.4 is 0 Å². The SMILES string of the molecule is Cc1oncc1CN1CCOCC1. The van der Waals surface area contributed by atoms with Gasteiger partial charge < -0.3 is 9.26 Å². The smallest absolute Gasteiger partial charge is 0.138 e. The van der Waals surface area contributed by atoms with E-state index >= 15 is 0 Å². The largest absolute Gasteiger partial charge is 0.379 e. The van der Waals surface area contributed by atoms with Gasteiger partial charge in [0.1, 0.15) is 5.76 Å². The standard InChI is InChI=1S/C9H14N2O2/c1-8-9(6-10-13-8)7-11-2-4-12-5-3-11/h6H,2-5,7H2,1H3. The molecule has 2 heterocycles. The fourth-order valence-corrected chi connectivity index (χ4v) is 1.47. The van der Waals surface area contributed by atoms with Gasteiger partial charge in [0.2, 0.25) is 0 Å². The number of hydrogen-bond acceptors (Lipinski definition) is 4. The topological polar surface area (TPSA) is 38.5 Å². The van der Waals surface area contributed by atoms with Crippen molar-refractivity contribution in [1.82, 2.24) is 10.1 Å². The minimum absolute atomic E-state index is 0.838. The summed E-state index contributed by atoms with van der Waals surface area (Å²) in [6.07, 6.45) is 1.80. The first-order chi connectivity index (χ1) is 6.36. The van der Waals surface area contributed by atoms with Crippen LogP contribution in [0, 0.1) is 6.92 Å². The van der Waals surface area contributed by atoms with Crippen LogP contribution in [-0.4, -0.2) is 36.4 Å². The molecule has 4 nitrogen and oxygen atoms in total. The highest BCUT2D eigenvalue weighted by atomic mass is 16.5. The third kappa shape index (κ3) is 2.08. The highest BCUT2D eigenvalue weighted by Crippen LogP contribution is 2.10. The van der Waals surface area contributed by atoms with E-state index < -0.39 is 0 Å². The number of hydrogen-bond donors (Lipinski definition) is 0. The van der Waals surface area contributed by atoms with E-state index in [0.29, 0.717) is 0 Å². The van der Waals surface area contributed by atoms with Gasteiger partial charge in [-0.05, 0) is 6.92 Å². The maximum Gasteiger partial charge on any atom is 0.138 e. The van der Waals surface area contributed by atoms with Crippen LogP contribution in [0.15, 0.2) is 10.7 Å². The molecule has 0 radical (unpaired) electrons. The van der Waals surface area contributed by atoms with Crippen LogP contribution >= 0.6 is 0 Å². The highest BCUT2D eigenvalue weighted by Gasteiger charge is 2.13. The maximum absolute atomic E-state index is 5.27. The summed E-state index contributed by atoms with van der Waals surface area (Å²) in [5.41, 5.74) is 1.18. The quantitative estimate of drug-likeness (QED) is 0.678. The predicted molar refractivity (Wildman–Crippen MR) is 47.3 cm³/mol. The molecule has 2 rings (SSSR count). The zero-order valence-corrected chi connectivity index (χ0v) is 7.82. The van der Waals surface area contributed by atoms with Crippen LogP contribution in [0.5, 0.6) is 0 Å². The minimum atomic E-state index is 0.838. The number of aryl methyl sites for hydroxylation is 1. The molecule has 1 aromatic heterocycles. The van der Waals surface area contributed by atoms with Gasteiger partial charge in [-0.2, -0.15) is 0 Å². The first-order valence-electron chi connectivity index (χ1n) is 4.56. The van der Waals surface area contributed by atoms with Crippen molar-refractivity contribution in [2.24, 2.45) is 0 Å². The Kier molecular flexibility index (Phi) is 2.61. The summed E-state index contributed by atoms with van der Waals surface area (Å²) in [5, 5.41) is 3.75. The first-order valence-corrected chi connectivity index (χ1v) is 4.56. The van der Waals surface area contributed by atoms with E-state index in [4.69, 9.17) is 9.26 Å². The van der Waals surface area contributed by atoms with E-state index in [9.17, 15) is 0 Å². The van der Waals surface area contributed by atoms with Crippen molar-refractivity contribution in [3.63, 3.8) is 0 Å². The molecule has 1 aliphatic rings. The molecule has 0 bridgehead atoms. The zero-order chi connectivity index (χ0) is 9.10. The molecule has 0 atom stereocenters. The molecule has 1 aliphatic heterocycles.